The Morgan fingerprint density at radius 3 is 2.64 bits per heavy atom. The van der Waals surface area contributed by atoms with Crippen molar-refractivity contribution in [3.63, 3.8) is 0 Å². The molecule has 0 amide bonds. The van der Waals surface area contributed by atoms with E-state index in [1.807, 2.05) is 13.8 Å². The van der Waals surface area contributed by atoms with E-state index in [0.717, 1.165) is 12.8 Å². The molecular formula is C8H17NO2. The van der Waals surface area contributed by atoms with Crippen LogP contribution in [0.4, 0.5) is 0 Å². The Morgan fingerprint density at radius 2 is 2.18 bits per heavy atom. The van der Waals surface area contributed by atoms with Gasteiger partial charge in [0.2, 0.25) is 0 Å². The summed E-state index contributed by atoms with van der Waals surface area (Å²) in [7, 11) is 0. The third kappa shape index (κ3) is 5.85. The molecular weight excluding hydrogens is 142 g/mol. The highest BCUT2D eigenvalue weighted by atomic mass is 16.5. The Bertz CT molecular complexity index is 115. The smallest absolute Gasteiger partial charge is 0.307 e. The van der Waals surface area contributed by atoms with Crippen molar-refractivity contribution in [2.75, 3.05) is 6.61 Å². The van der Waals surface area contributed by atoms with Gasteiger partial charge in [0.25, 0.3) is 0 Å². The molecule has 1 unspecified atom stereocenters. The molecule has 3 nitrogen and oxygen atoms in total. The molecule has 0 spiro atoms. The number of rotatable bonds is 5. The van der Waals surface area contributed by atoms with Gasteiger partial charge in [-0.1, -0.05) is 13.8 Å². The Balaban J connectivity index is 3.36. The minimum Gasteiger partial charge on any atom is -0.466 e. The molecule has 3 heteroatoms. The molecule has 0 rings (SSSR count). The monoisotopic (exact) mass is 159 g/mol. The van der Waals surface area contributed by atoms with Crippen molar-refractivity contribution in [1.82, 2.24) is 0 Å². The van der Waals surface area contributed by atoms with E-state index in [0.29, 0.717) is 13.0 Å². The summed E-state index contributed by atoms with van der Waals surface area (Å²) in [6, 6.07) is -0.0423. The lowest BCUT2D eigenvalue weighted by Crippen LogP contribution is -2.23. The summed E-state index contributed by atoms with van der Waals surface area (Å²) in [4.78, 5) is 10.9. The van der Waals surface area contributed by atoms with Crippen LogP contribution in [0.1, 0.15) is 33.1 Å². The number of carbonyl (C=O) groups is 1. The van der Waals surface area contributed by atoms with Crippen LogP contribution in [0.15, 0.2) is 0 Å². The number of esters is 1. The van der Waals surface area contributed by atoms with Gasteiger partial charge in [0.15, 0.2) is 0 Å². The van der Waals surface area contributed by atoms with Crippen molar-refractivity contribution in [3.05, 3.63) is 0 Å². The molecule has 0 radical (unpaired) electrons. The Hall–Kier alpha value is -0.570. The van der Waals surface area contributed by atoms with Gasteiger partial charge < -0.3 is 10.5 Å². The van der Waals surface area contributed by atoms with Gasteiger partial charge in [0, 0.05) is 6.04 Å². The molecule has 0 aliphatic heterocycles. The van der Waals surface area contributed by atoms with E-state index in [-0.39, 0.29) is 12.0 Å². The number of hydrogen-bond donors (Lipinski definition) is 1. The molecule has 2 N–H and O–H groups in total. The van der Waals surface area contributed by atoms with Crippen LogP contribution in [0.5, 0.6) is 0 Å². The zero-order valence-electron chi connectivity index (χ0n) is 7.30. The van der Waals surface area contributed by atoms with Crippen LogP contribution in [-0.2, 0) is 9.53 Å². The first-order valence-corrected chi connectivity index (χ1v) is 4.11. The van der Waals surface area contributed by atoms with Crippen molar-refractivity contribution in [2.45, 2.75) is 39.2 Å². The molecule has 0 heterocycles. The number of nitrogens with two attached hydrogens (primary N) is 1. The van der Waals surface area contributed by atoms with E-state index in [1.54, 1.807) is 0 Å². The van der Waals surface area contributed by atoms with E-state index < -0.39 is 0 Å². The third-order valence-electron chi connectivity index (χ3n) is 1.42. The molecule has 0 aliphatic carbocycles. The largest absolute Gasteiger partial charge is 0.466 e. The summed E-state index contributed by atoms with van der Waals surface area (Å²) in [6.45, 7) is 4.43. The molecule has 11 heavy (non-hydrogen) atoms. The SMILES string of the molecule is CCCOC(=O)CC(N)CC. The standard InChI is InChI=1S/C8H17NO2/c1-3-5-11-8(10)6-7(9)4-2/h7H,3-6,9H2,1-2H3. The summed E-state index contributed by atoms with van der Waals surface area (Å²) in [5, 5.41) is 0. The van der Waals surface area contributed by atoms with Gasteiger partial charge in [-0.25, -0.2) is 0 Å². The molecule has 0 saturated carbocycles. The number of hydrogen-bond acceptors (Lipinski definition) is 3. The highest BCUT2D eigenvalue weighted by molar-refractivity contribution is 5.70. The van der Waals surface area contributed by atoms with Gasteiger partial charge in [-0.2, -0.15) is 0 Å². The number of carbonyl (C=O) groups excluding carboxylic acids is 1. The maximum atomic E-state index is 10.9. The fourth-order valence-corrected chi connectivity index (χ4v) is 0.633. The van der Waals surface area contributed by atoms with Gasteiger partial charge in [0.05, 0.1) is 13.0 Å². The van der Waals surface area contributed by atoms with Crippen LogP contribution in [0.2, 0.25) is 0 Å². The zero-order chi connectivity index (χ0) is 8.69. The first-order chi connectivity index (χ1) is 5.20. The van der Waals surface area contributed by atoms with Gasteiger partial charge in [-0.15, -0.1) is 0 Å². The number of ether oxygens (including phenoxy) is 1. The molecule has 1 atom stereocenters. The lowest BCUT2D eigenvalue weighted by atomic mass is 10.2. The Kier molecular flexibility index (Phi) is 5.84. The fourth-order valence-electron chi connectivity index (χ4n) is 0.633. The zero-order valence-corrected chi connectivity index (χ0v) is 7.30. The summed E-state index contributed by atoms with van der Waals surface area (Å²) >= 11 is 0. The second-order valence-electron chi connectivity index (χ2n) is 2.59. The van der Waals surface area contributed by atoms with Crippen LogP contribution < -0.4 is 5.73 Å². The lowest BCUT2D eigenvalue weighted by molar-refractivity contribution is -0.144. The molecule has 0 saturated heterocycles. The van der Waals surface area contributed by atoms with E-state index in [1.165, 1.54) is 0 Å². The topological polar surface area (TPSA) is 52.3 Å². The van der Waals surface area contributed by atoms with Crippen LogP contribution in [0.25, 0.3) is 0 Å². The summed E-state index contributed by atoms with van der Waals surface area (Å²) in [6.07, 6.45) is 2.03. The van der Waals surface area contributed by atoms with E-state index in [2.05, 4.69) is 0 Å². The Labute approximate surface area is 67.9 Å². The van der Waals surface area contributed by atoms with Crippen LogP contribution >= 0.6 is 0 Å². The van der Waals surface area contributed by atoms with Gasteiger partial charge in [0.1, 0.15) is 0 Å². The first-order valence-electron chi connectivity index (χ1n) is 4.11. The van der Waals surface area contributed by atoms with Crippen molar-refractivity contribution < 1.29 is 9.53 Å². The average Bonchev–Trinajstić information content (AvgIpc) is 2.00. The molecule has 0 aromatic carbocycles. The molecule has 0 aromatic heterocycles. The quantitative estimate of drug-likeness (QED) is 0.610. The van der Waals surface area contributed by atoms with Gasteiger partial charge >= 0.3 is 5.97 Å². The highest BCUT2D eigenvalue weighted by Gasteiger charge is 2.07. The average molecular weight is 159 g/mol. The molecule has 0 bridgehead atoms. The normalized spacial score (nSPS) is 12.6. The third-order valence-corrected chi connectivity index (χ3v) is 1.42. The summed E-state index contributed by atoms with van der Waals surface area (Å²) in [5.41, 5.74) is 5.54. The first kappa shape index (κ1) is 10.4. The maximum absolute atomic E-state index is 10.9. The van der Waals surface area contributed by atoms with Crippen molar-refractivity contribution >= 4 is 5.97 Å². The lowest BCUT2D eigenvalue weighted by Gasteiger charge is -2.07. The summed E-state index contributed by atoms with van der Waals surface area (Å²) < 4.78 is 4.84. The molecule has 0 aliphatic rings. The Morgan fingerprint density at radius 1 is 1.55 bits per heavy atom. The van der Waals surface area contributed by atoms with Crippen LogP contribution in [-0.4, -0.2) is 18.6 Å². The molecule has 66 valence electrons. The van der Waals surface area contributed by atoms with E-state index in [9.17, 15) is 4.79 Å². The van der Waals surface area contributed by atoms with Crippen LogP contribution in [0, 0.1) is 0 Å². The predicted octanol–water partition coefficient (Wildman–Crippen LogP) is 1.07. The molecule has 0 fully saturated rings. The highest BCUT2D eigenvalue weighted by Crippen LogP contribution is 1.96. The van der Waals surface area contributed by atoms with E-state index >= 15 is 0 Å². The maximum Gasteiger partial charge on any atom is 0.307 e. The van der Waals surface area contributed by atoms with Crippen molar-refractivity contribution in [3.8, 4) is 0 Å². The second kappa shape index (κ2) is 6.16. The van der Waals surface area contributed by atoms with Crippen molar-refractivity contribution in [2.24, 2.45) is 5.73 Å². The minimum atomic E-state index is -0.179. The minimum absolute atomic E-state index is 0.0423. The van der Waals surface area contributed by atoms with Gasteiger partial charge in [-0.3, -0.25) is 4.79 Å². The van der Waals surface area contributed by atoms with Crippen molar-refractivity contribution in [1.29, 1.82) is 0 Å². The van der Waals surface area contributed by atoms with Crippen LogP contribution in [0.3, 0.4) is 0 Å². The summed E-state index contributed by atoms with van der Waals surface area (Å²) in [5.74, 6) is -0.179. The fraction of sp³-hybridized carbons (Fsp3) is 0.875. The predicted molar refractivity (Wildman–Crippen MR) is 44.1 cm³/mol. The van der Waals surface area contributed by atoms with E-state index in [4.69, 9.17) is 10.5 Å². The molecule has 0 aromatic rings. The second-order valence-corrected chi connectivity index (χ2v) is 2.59. The van der Waals surface area contributed by atoms with Gasteiger partial charge in [-0.05, 0) is 12.8 Å².